The van der Waals surface area contributed by atoms with Crippen LogP contribution >= 0.6 is 0 Å². The van der Waals surface area contributed by atoms with Crippen molar-refractivity contribution in [1.29, 1.82) is 5.41 Å². The van der Waals surface area contributed by atoms with Gasteiger partial charge in [-0.25, -0.2) is 0 Å². The Kier molecular flexibility index (Phi) is 5.72. The molecule has 34 heavy (non-hydrogen) atoms. The van der Waals surface area contributed by atoms with Crippen LogP contribution in [0.15, 0.2) is 18.2 Å². The van der Waals surface area contributed by atoms with Gasteiger partial charge in [0, 0.05) is 30.8 Å². The minimum absolute atomic E-state index is 0.0151. The van der Waals surface area contributed by atoms with Gasteiger partial charge in [-0.2, -0.15) is 0 Å². The van der Waals surface area contributed by atoms with Crippen LogP contribution in [0.3, 0.4) is 0 Å². The van der Waals surface area contributed by atoms with E-state index in [2.05, 4.69) is 15.4 Å². The van der Waals surface area contributed by atoms with E-state index in [-0.39, 0.29) is 60.3 Å². The molecule has 2 amide bonds. The molecule has 2 heterocycles. The Labute approximate surface area is 195 Å². The van der Waals surface area contributed by atoms with Crippen LogP contribution in [0.4, 0.5) is 13.2 Å². The molecule has 1 saturated heterocycles. The third-order valence-corrected chi connectivity index (χ3v) is 6.30. The first kappa shape index (κ1) is 24.2. The minimum Gasteiger partial charge on any atom is -0.487 e. The summed E-state index contributed by atoms with van der Waals surface area (Å²) in [5.74, 6) is -1.14. The van der Waals surface area contributed by atoms with Gasteiger partial charge in [0.25, 0.3) is 0 Å². The highest BCUT2D eigenvalue weighted by Crippen LogP contribution is 2.47. The third kappa shape index (κ3) is 5.23. The lowest BCUT2D eigenvalue weighted by molar-refractivity contribution is -0.275. The molecular weight excluding hydrogens is 453 g/mol. The summed E-state index contributed by atoms with van der Waals surface area (Å²) in [5, 5.41) is 14.0. The number of fused-ring (bicyclic) bond motifs is 1. The maximum absolute atomic E-state index is 13.0. The lowest BCUT2D eigenvalue weighted by Gasteiger charge is -2.39. The van der Waals surface area contributed by atoms with Gasteiger partial charge in [-0.15, -0.1) is 13.2 Å². The van der Waals surface area contributed by atoms with Crippen LogP contribution in [-0.4, -0.2) is 46.7 Å². The highest BCUT2D eigenvalue weighted by molar-refractivity contribution is 5.99. The Morgan fingerprint density at radius 2 is 2.03 bits per heavy atom. The van der Waals surface area contributed by atoms with E-state index in [4.69, 9.17) is 10.1 Å². The molecule has 0 spiro atoms. The molecule has 0 aromatic heterocycles. The van der Waals surface area contributed by atoms with E-state index < -0.39 is 29.3 Å². The number of carbonyl (C=O) groups is 2. The van der Waals surface area contributed by atoms with Gasteiger partial charge >= 0.3 is 6.36 Å². The molecule has 1 aromatic carbocycles. The second-order valence-electron chi connectivity index (χ2n) is 10.5. The van der Waals surface area contributed by atoms with Gasteiger partial charge in [-0.3, -0.25) is 19.9 Å². The standard InChI is InChI=1S/C23H29F3N4O4/c1-21(2)10-17(31)30(20(27)29-21)11-12-8-13(12)19(32)28-14-9-22(3,4)33-15-6-5-7-16(18(14)15)34-23(24,25)26/h5-7,12-14H,8-11H2,1-4H3,(H2,27,29)(H,28,32)/t12-,13+,14?/m0/s1. The average molecular weight is 483 g/mol. The molecular formula is C23H29F3N4O4. The largest absolute Gasteiger partial charge is 0.573 e. The number of hydrogen-bond acceptors (Lipinski definition) is 5. The van der Waals surface area contributed by atoms with Crippen LogP contribution in [0.25, 0.3) is 0 Å². The summed E-state index contributed by atoms with van der Waals surface area (Å²) in [6.45, 7) is 7.53. The first-order valence-electron chi connectivity index (χ1n) is 11.2. The molecule has 2 aliphatic heterocycles. The third-order valence-electron chi connectivity index (χ3n) is 6.30. The zero-order valence-corrected chi connectivity index (χ0v) is 19.5. The van der Waals surface area contributed by atoms with Crippen molar-refractivity contribution in [3.8, 4) is 11.5 Å². The van der Waals surface area contributed by atoms with Gasteiger partial charge in [0.2, 0.25) is 11.8 Å². The smallest absolute Gasteiger partial charge is 0.487 e. The predicted octanol–water partition coefficient (Wildman–Crippen LogP) is 3.47. The molecule has 3 aliphatic rings. The Morgan fingerprint density at radius 1 is 1.32 bits per heavy atom. The fraction of sp³-hybridized carbons (Fsp3) is 0.609. The normalized spacial score (nSPS) is 27.3. The topological polar surface area (TPSA) is 104 Å². The fourth-order valence-electron chi connectivity index (χ4n) is 4.73. The molecule has 8 nitrogen and oxygen atoms in total. The van der Waals surface area contributed by atoms with Crippen molar-refractivity contribution in [3.05, 3.63) is 23.8 Å². The molecule has 1 saturated carbocycles. The highest BCUT2D eigenvalue weighted by atomic mass is 19.4. The van der Waals surface area contributed by atoms with Crippen molar-refractivity contribution < 1.29 is 32.2 Å². The molecule has 2 fully saturated rings. The van der Waals surface area contributed by atoms with Crippen LogP contribution in [0.1, 0.15) is 58.6 Å². The predicted molar refractivity (Wildman–Crippen MR) is 116 cm³/mol. The second kappa shape index (κ2) is 8.06. The maximum atomic E-state index is 13.0. The monoisotopic (exact) mass is 482 g/mol. The zero-order valence-electron chi connectivity index (χ0n) is 19.5. The highest BCUT2D eigenvalue weighted by Gasteiger charge is 2.48. The van der Waals surface area contributed by atoms with E-state index in [9.17, 15) is 22.8 Å². The summed E-state index contributed by atoms with van der Waals surface area (Å²) in [4.78, 5) is 26.8. The van der Waals surface area contributed by atoms with Gasteiger partial charge in [0.1, 0.15) is 17.1 Å². The number of guanidine groups is 1. The van der Waals surface area contributed by atoms with Crippen molar-refractivity contribution in [2.45, 2.75) is 70.5 Å². The van der Waals surface area contributed by atoms with Gasteiger partial charge < -0.3 is 20.1 Å². The molecule has 3 N–H and O–H groups in total. The number of ether oxygens (including phenoxy) is 2. The second-order valence-corrected chi connectivity index (χ2v) is 10.5. The maximum Gasteiger partial charge on any atom is 0.573 e. The SMILES string of the molecule is CC1(C)CC(=O)N(C[C@@H]2C[C@H]2C(=O)NC2CC(C)(C)Oc3cccc(OC(F)(F)F)c32)C(=N)N1. The van der Waals surface area contributed by atoms with Crippen molar-refractivity contribution in [3.63, 3.8) is 0 Å². The number of nitrogens with zero attached hydrogens (tertiary/aromatic N) is 1. The van der Waals surface area contributed by atoms with Crippen molar-refractivity contribution in [2.24, 2.45) is 11.8 Å². The molecule has 4 rings (SSSR count). The van der Waals surface area contributed by atoms with Crippen molar-refractivity contribution in [1.82, 2.24) is 15.5 Å². The van der Waals surface area contributed by atoms with Crippen molar-refractivity contribution >= 4 is 17.8 Å². The number of amides is 2. The summed E-state index contributed by atoms with van der Waals surface area (Å²) >= 11 is 0. The van der Waals surface area contributed by atoms with E-state index in [1.165, 1.54) is 17.0 Å². The number of alkyl halides is 3. The average Bonchev–Trinajstić information content (AvgIpc) is 3.41. The summed E-state index contributed by atoms with van der Waals surface area (Å²) in [5.41, 5.74) is -1.05. The Hall–Kier alpha value is -2.98. The summed E-state index contributed by atoms with van der Waals surface area (Å²) < 4.78 is 49.0. The molecule has 0 radical (unpaired) electrons. The molecule has 0 bridgehead atoms. The van der Waals surface area contributed by atoms with Gasteiger partial charge in [0.15, 0.2) is 5.96 Å². The lowest BCUT2D eigenvalue weighted by Crippen LogP contribution is -2.60. The molecule has 1 unspecified atom stereocenters. The Balaban J connectivity index is 1.46. The Bertz CT molecular complexity index is 1000. The molecule has 1 aliphatic carbocycles. The van der Waals surface area contributed by atoms with E-state index in [1.807, 2.05) is 13.8 Å². The number of nitrogens with one attached hydrogen (secondary N) is 3. The lowest BCUT2D eigenvalue weighted by atomic mass is 9.89. The first-order valence-corrected chi connectivity index (χ1v) is 11.2. The van der Waals surface area contributed by atoms with Crippen LogP contribution in [0, 0.1) is 17.2 Å². The van der Waals surface area contributed by atoms with Crippen molar-refractivity contribution in [2.75, 3.05) is 6.54 Å². The van der Waals surface area contributed by atoms with Gasteiger partial charge in [-0.05, 0) is 52.2 Å². The van der Waals surface area contributed by atoms with Gasteiger partial charge in [0.05, 0.1) is 11.6 Å². The molecule has 186 valence electrons. The quantitative estimate of drug-likeness (QED) is 0.596. The van der Waals surface area contributed by atoms with E-state index in [0.717, 1.165) is 0 Å². The van der Waals surface area contributed by atoms with E-state index in [0.29, 0.717) is 6.42 Å². The molecule has 1 aromatic rings. The van der Waals surface area contributed by atoms with Crippen LogP contribution in [-0.2, 0) is 9.59 Å². The number of halogens is 3. The van der Waals surface area contributed by atoms with Crippen LogP contribution in [0.2, 0.25) is 0 Å². The zero-order chi connectivity index (χ0) is 25.1. The van der Waals surface area contributed by atoms with Crippen LogP contribution < -0.4 is 20.1 Å². The molecule has 11 heteroatoms. The first-order chi connectivity index (χ1) is 15.6. The number of benzene rings is 1. The number of rotatable bonds is 5. The summed E-state index contributed by atoms with van der Waals surface area (Å²) in [6, 6.07) is 3.44. The number of hydrogen-bond donors (Lipinski definition) is 3. The number of carbonyl (C=O) groups excluding carboxylic acids is 2. The van der Waals surface area contributed by atoms with E-state index in [1.54, 1.807) is 19.9 Å². The summed E-state index contributed by atoms with van der Waals surface area (Å²) in [6.07, 6.45) is -3.84. The fourth-order valence-corrected chi connectivity index (χ4v) is 4.73. The Morgan fingerprint density at radius 3 is 2.68 bits per heavy atom. The van der Waals surface area contributed by atoms with Crippen LogP contribution in [0.5, 0.6) is 11.5 Å². The minimum atomic E-state index is -4.88. The molecule has 3 atom stereocenters. The summed E-state index contributed by atoms with van der Waals surface area (Å²) in [7, 11) is 0. The van der Waals surface area contributed by atoms with Gasteiger partial charge in [-0.1, -0.05) is 6.07 Å². The van der Waals surface area contributed by atoms with E-state index >= 15 is 0 Å².